The van der Waals surface area contributed by atoms with Gasteiger partial charge in [0.1, 0.15) is 5.60 Å². The van der Waals surface area contributed by atoms with Gasteiger partial charge >= 0.3 is 6.09 Å². The molecule has 1 amide bonds. The van der Waals surface area contributed by atoms with Gasteiger partial charge in [-0.25, -0.2) is 4.79 Å². The SMILES string of the molecule is CC(C)(C)NC(N)=NCCN1CCN(C(=O)OC(C)(C)C)CC1.I. The predicted molar refractivity (Wildman–Crippen MR) is 109 cm³/mol. The molecule has 0 aromatic heterocycles. The molecule has 3 N–H and O–H groups in total. The van der Waals surface area contributed by atoms with Gasteiger partial charge in [-0.3, -0.25) is 9.89 Å². The fourth-order valence-corrected chi connectivity index (χ4v) is 2.22. The quantitative estimate of drug-likeness (QED) is 0.386. The van der Waals surface area contributed by atoms with E-state index in [1.54, 1.807) is 4.90 Å². The number of amides is 1. The van der Waals surface area contributed by atoms with Gasteiger partial charge in [0.05, 0.1) is 6.54 Å². The van der Waals surface area contributed by atoms with Crippen LogP contribution in [0.5, 0.6) is 0 Å². The zero-order valence-electron chi connectivity index (χ0n) is 15.9. The van der Waals surface area contributed by atoms with Crippen molar-refractivity contribution in [2.75, 3.05) is 39.3 Å². The number of ether oxygens (including phenoxy) is 1. The number of piperazine rings is 1. The van der Waals surface area contributed by atoms with Gasteiger partial charge in [0.15, 0.2) is 5.96 Å². The molecule has 1 fully saturated rings. The summed E-state index contributed by atoms with van der Waals surface area (Å²) in [4.78, 5) is 20.4. The highest BCUT2D eigenvalue weighted by molar-refractivity contribution is 14.0. The van der Waals surface area contributed by atoms with Crippen LogP contribution < -0.4 is 11.1 Å². The van der Waals surface area contributed by atoms with Crippen LogP contribution in [0.15, 0.2) is 4.99 Å². The van der Waals surface area contributed by atoms with Crippen LogP contribution in [0, 0.1) is 0 Å². The summed E-state index contributed by atoms with van der Waals surface area (Å²) in [5.41, 5.74) is 5.33. The molecule has 8 heteroatoms. The molecule has 24 heavy (non-hydrogen) atoms. The number of hydrogen-bond acceptors (Lipinski definition) is 4. The largest absolute Gasteiger partial charge is 0.444 e. The fourth-order valence-electron chi connectivity index (χ4n) is 2.22. The van der Waals surface area contributed by atoms with E-state index >= 15 is 0 Å². The van der Waals surface area contributed by atoms with Crippen molar-refractivity contribution in [2.24, 2.45) is 10.7 Å². The number of aliphatic imine (C=N–C) groups is 1. The first kappa shape index (κ1) is 23.2. The zero-order valence-corrected chi connectivity index (χ0v) is 18.2. The van der Waals surface area contributed by atoms with Gasteiger partial charge in [-0.2, -0.15) is 0 Å². The maximum Gasteiger partial charge on any atom is 0.410 e. The van der Waals surface area contributed by atoms with Crippen molar-refractivity contribution in [3.05, 3.63) is 0 Å². The van der Waals surface area contributed by atoms with Crippen molar-refractivity contribution in [2.45, 2.75) is 52.7 Å². The molecular formula is C16H34IN5O2. The van der Waals surface area contributed by atoms with Gasteiger partial charge in [0, 0.05) is 38.3 Å². The minimum Gasteiger partial charge on any atom is -0.444 e. The Morgan fingerprint density at radius 2 is 1.67 bits per heavy atom. The van der Waals surface area contributed by atoms with Crippen LogP contribution >= 0.6 is 24.0 Å². The first-order valence-corrected chi connectivity index (χ1v) is 8.25. The Kier molecular flexibility index (Phi) is 9.34. The summed E-state index contributed by atoms with van der Waals surface area (Å²) in [6.07, 6.45) is -0.228. The van der Waals surface area contributed by atoms with E-state index < -0.39 is 5.60 Å². The van der Waals surface area contributed by atoms with E-state index in [0.717, 1.165) is 19.6 Å². The second-order valence-corrected chi connectivity index (χ2v) is 7.95. The molecule has 1 heterocycles. The van der Waals surface area contributed by atoms with E-state index in [-0.39, 0.29) is 35.6 Å². The van der Waals surface area contributed by atoms with Crippen molar-refractivity contribution in [3.8, 4) is 0 Å². The van der Waals surface area contributed by atoms with E-state index in [9.17, 15) is 4.79 Å². The van der Waals surface area contributed by atoms with Gasteiger partial charge in [-0.05, 0) is 41.5 Å². The van der Waals surface area contributed by atoms with E-state index in [1.165, 1.54) is 0 Å². The second kappa shape index (κ2) is 9.65. The lowest BCUT2D eigenvalue weighted by atomic mass is 10.1. The van der Waals surface area contributed by atoms with Gasteiger partial charge in [0.2, 0.25) is 0 Å². The molecule has 0 bridgehead atoms. The highest BCUT2D eigenvalue weighted by Gasteiger charge is 2.25. The van der Waals surface area contributed by atoms with Crippen LogP contribution in [0.2, 0.25) is 0 Å². The summed E-state index contributed by atoms with van der Waals surface area (Å²) in [6, 6.07) is 0. The monoisotopic (exact) mass is 455 g/mol. The maximum atomic E-state index is 12.0. The van der Waals surface area contributed by atoms with Gasteiger partial charge in [0.25, 0.3) is 0 Å². The molecule has 1 aliphatic rings. The number of halogens is 1. The van der Waals surface area contributed by atoms with Crippen molar-refractivity contribution in [3.63, 3.8) is 0 Å². The first-order valence-electron chi connectivity index (χ1n) is 8.25. The molecule has 0 aliphatic carbocycles. The first-order chi connectivity index (χ1) is 10.5. The molecule has 0 aromatic rings. The van der Waals surface area contributed by atoms with E-state index in [2.05, 4.69) is 15.2 Å². The molecule has 1 saturated heterocycles. The van der Waals surface area contributed by atoms with Crippen molar-refractivity contribution in [1.29, 1.82) is 0 Å². The van der Waals surface area contributed by atoms with Crippen LogP contribution in [0.4, 0.5) is 4.79 Å². The number of rotatable bonds is 3. The van der Waals surface area contributed by atoms with Crippen LogP contribution in [-0.4, -0.2) is 72.3 Å². The van der Waals surface area contributed by atoms with Gasteiger partial charge in [-0.15, -0.1) is 24.0 Å². The summed E-state index contributed by atoms with van der Waals surface area (Å²) in [5, 5.41) is 3.14. The Morgan fingerprint density at radius 3 is 2.12 bits per heavy atom. The van der Waals surface area contributed by atoms with E-state index in [4.69, 9.17) is 10.5 Å². The lowest BCUT2D eigenvalue weighted by molar-refractivity contribution is 0.0148. The summed E-state index contributed by atoms with van der Waals surface area (Å²) < 4.78 is 5.39. The van der Waals surface area contributed by atoms with Crippen molar-refractivity contribution in [1.82, 2.24) is 15.1 Å². The van der Waals surface area contributed by atoms with Crippen molar-refractivity contribution >= 4 is 36.0 Å². The smallest absolute Gasteiger partial charge is 0.410 e. The molecule has 142 valence electrons. The standard InChI is InChI=1S/C16H33N5O2.HI/c1-15(2,3)19-13(17)18-7-8-20-9-11-21(12-10-20)14(22)23-16(4,5)6;/h7-12H2,1-6H3,(H3,17,18,19);1H. The lowest BCUT2D eigenvalue weighted by Crippen LogP contribution is -2.50. The molecule has 7 nitrogen and oxygen atoms in total. The average Bonchev–Trinajstić information content (AvgIpc) is 2.35. The van der Waals surface area contributed by atoms with Crippen LogP contribution in [0.25, 0.3) is 0 Å². The Labute approximate surface area is 163 Å². The minimum atomic E-state index is -0.444. The summed E-state index contributed by atoms with van der Waals surface area (Å²) in [7, 11) is 0. The highest BCUT2D eigenvalue weighted by atomic mass is 127. The Balaban J connectivity index is 0.00000529. The third-order valence-corrected chi connectivity index (χ3v) is 3.23. The summed E-state index contributed by atoms with van der Waals surface area (Å²) in [5.74, 6) is 0.477. The Bertz CT molecular complexity index is 421. The Hall–Kier alpha value is -0.770. The van der Waals surface area contributed by atoms with E-state index in [0.29, 0.717) is 25.6 Å². The minimum absolute atomic E-state index is 0. The number of nitrogens with one attached hydrogen (secondary N) is 1. The molecule has 0 spiro atoms. The number of carbonyl (C=O) groups is 1. The zero-order chi connectivity index (χ0) is 17.7. The fraction of sp³-hybridized carbons (Fsp3) is 0.875. The maximum absolute atomic E-state index is 12.0. The number of guanidine groups is 1. The molecule has 0 saturated carbocycles. The van der Waals surface area contributed by atoms with Gasteiger partial charge < -0.3 is 20.7 Å². The van der Waals surface area contributed by atoms with Gasteiger partial charge in [-0.1, -0.05) is 0 Å². The second-order valence-electron chi connectivity index (χ2n) is 7.95. The molecule has 1 aliphatic heterocycles. The molecule has 0 unspecified atom stereocenters. The third-order valence-electron chi connectivity index (χ3n) is 3.23. The normalized spacial score (nSPS) is 17.2. The topological polar surface area (TPSA) is 83.2 Å². The highest BCUT2D eigenvalue weighted by Crippen LogP contribution is 2.11. The van der Waals surface area contributed by atoms with Crippen LogP contribution in [-0.2, 0) is 4.74 Å². The average molecular weight is 455 g/mol. The van der Waals surface area contributed by atoms with Crippen LogP contribution in [0.1, 0.15) is 41.5 Å². The predicted octanol–water partition coefficient (Wildman–Crippen LogP) is 1.86. The third kappa shape index (κ3) is 10.2. The number of carbonyl (C=O) groups excluding carboxylic acids is 1. The summed E-state index contributed by atoms with van der Waals surface area (Å²) in [6.45, 7) is 16.3. The molecule has 0 radical (unpaired) electrons. The van der Waals surface area contributed by atoms with Crippen LogP contribution in [0.3, 0.4) is 0 Å². The summed E-state index contributed by atoms with van der Waals surface area (Å²) >= 11 is 0. The molecule has 0 atom stereocenters. The number of nitrogens with two attached hydrogens (primary N) is 1. The molecular weight excluding hydrogens is 421 g/mol. The molecule has 0 aromatic carbocycles. The number of nitrogens with zero attached hydrogens (tertiary/aromatic N) is 3. The number of hydrogen-bond donors (Lipinski definition) is 2. The Morgan fingerprint density at radius 1 is 1.12 bits per heavy atom. The lowest BCUT2D eigenvalue weighted by Gasteiger charge is -2.35. The molecule has 1 rings (SSSR count). The van der Waals surface area contributed by atoms with E-state index in [1.807, 2.05) is 41.5 Å². The van der Waals surface area contributed by atoms with Crippen molar-refractivity contribution < 1.29 is 9.53 Å².